The van der Waals surface area contributed by atoms with Crippen molar-refractivity contribution in [2.75, 3.05) is 11.4 Å². The second kappa shape index (κ2) is 5.82. The van der Waals surface area contributed by atoms with Crippen LogP contribution in [0.1, 0.15) is 26.5 Å². The van der Waals surface area contributed by atoms with E-state index in [-0.39, 0.29) is 0 Å². The molecule has 0 N–H and O–H groups in total. The number of halogens is 2. The molecule has 2 aromatic heterocycles. The van der Waals surface area contributed by atoms with Gasteiger partial charge in [-0.3, -0.25) is 9.78 Å². The highest BCUT2D eigenvalue weighted by molar-refractivity contribution is 5.99. The van der Waals surface area contributed by atoms with E-state index in [1.54, 1.807) is 20.0 Å². The first-order valence-electron chi connectivity index (χ1n) is 6.92. The molecule has 2 aromatic rings. The third kappa shape index (κ3) is 3.13. The Morgan fingerprint density at radius 3 is 2.64 bits per heavy atom. The summed E-state index contributed by atoms with van der Waals surface area (Å²) in [5, 5.41) is 4.25. The van der Waals surface area contributed by atoms with Crippen LogP contribution in [0.5, 0.6) is 0 Å². The van der Waals surface area contributed by atoms with Crippen molar-refractivity contribution in [1.29, 1.82) is 0 Å². The molecule has 1 amide bonds. The van der Waals surface area contributed by atoms with Crippen molar-refractivity contribution in [3.05, 3.63) is 36.2 Å². The van der Waals surface area contributed by atoms with Crippen LogP contribution in [0.4, 0.5) is 14.5 Å². The maximum atomic E-state index is 13.9. The molecule has 2 rings (SSSR count). The second-order valence-electron chi connectivity index (χ2n) is 5.43. The van der Waals surface area contributed by atoms with E-state index in [9.17, 15) is 13.6 Å². The van der Waals surface area contributed by atoms with Crippen molar-refractivity contribution in [2.45, 2.75) is 33.4 Å². The Bertz CT molecular complexity index is 691. The van der Waals surface area contributed by atoms with Crippen molar-refractivity contribution in [1.82, 2.24) is 14.8 Å². The molecule has 0 saturated heterocycles. The summed E-state index contributed by atoms with van der Waals surface area (Å²) in [6.07, 6.45) is 4.11. The lowest BCUT2D eigenvalue weighted by Crippen LogP contribution is -2.42. The molecule has 0 unspecified atom stereocenters. The molecule has 7 heteroatoms. The smallest absolute Gasteiger partial charge is 0.264 e. The number of alkyl halides is 1. The molecule has 0 spiro atoms. The molecule has 0 aliphatic rings. The molecule has 0 aliphatic carbocycles. The van der Waals surface area contributed by atoms with Crippen molar-refractivity contribution in [3.63, 3.8) is 0 Å². The van der Waals surface area contributed by atoms with Crippen LogP contribution in [0.3, 0.4) is 0 Å². The Balaban J connectivity index is 2.43. The van der Waals surface area contributed by atoms with E-state index in [1.165, 1.54) is 35.7 Å². The molecule has 0 saturated carbocycles. The number of anilines is 1. The molecule has 2 heterocycles. The van der Waals surface area contributed by atoms with Crippen molar-refractivity contribution in [2.24, 2.45) is 0 Å². The van der Waals surface area contributed by atoms with Crippen LogP contribution in [0, 0.1) is 12.7 Å². The highest BCUT2D eigenvalue weighted by Crippen LogP contribution is 2.24. The number of nitrogens with zero attached hydrogens (tertiary/aromatic N) is 4. The molecule has 0 atom stereocenters. The van der Waals surface area contributed by atoms with Crippen LogP contribution < -0.4 is 4.90 Å². The molecule has 0 fully saturated rings. The number of carbonyl (C=O) groups excluding carboxylic acids is 1. The molecular formula is C15H18F2N4O. The maximum Gasteiger partial charge on any atom is 0.264 e. The summed E-state index contributed by atoms with van der Waals surface area (Å²) in [7, 11) is 0. The van der Waals surface area contributed by atoms with Crippen molar-refractivity contribution >= 4 is 11.6 Å². The summed E-state index contributed by atoms with van der Waals surface area (Å²) < 4.78 is 28.6. The van der Waals surface area contributed by atoms with E-state index >= 15 is 0 Å². The SMILES string of the molecule is CCN(C(=O)C(C)(C)F)c1cn(-c2cncc(F)c2)nc1C. The lowest BCUT2D eigenvalue weighted by atomic mass is 10.1. The van der Waals surface area contributed by atoms with Crippen LogP contribution in [-0.2, 0) is 4.79 Å². The van der Waals surface area contributed by atoms with Crippen LogP contribution in [-0.4, -0.2) is 32.9 Å². The number of rotatable bonds is 4. The minimum atomic E-state index is -1.98. The summed E-state index contributed by atoms with van der Waals surface area (Å²) >= 11 is 0. The van der Waals surface area contributed by atoms with Gasteiger partial charge in [0.1, 0.15) is 5.82 Å². The fraction of sp³-hybridized carbons (Fsp3) is 0.400. The number of amides is 1. The number of aryl methyl sites for hydroxylation is 1. The molecule has 5 nitrogen and oxygen atoms in total. The van der Waals surface area contributed by atoms with Gasteiger partial charge in [-0.2, -0.15) is 5.10 Å². The second-order valence-corrected chi connectivity index (χ2v) is 5.43. The number of pyridine rings is 1. The van der Waals surface area contributed by atoms with Gasteiger partial charge in [-0.1, -0.05) is 0 Å². The summed E-state index contributed by atoms with van der Waals surface area (Å²) in [5.41, 5.74) is -0.520. The van der Waals surface area contributed by atoms with E-state index in [1.807, 2.05) is 0 Å². The maximum absolute atomic E-state index is 13.9. The Kier molecular flexibility index (Phi) is 4.25. The molecule has 0 radical (unpaired) electrons. The normalized spacial score (nSPS) is 11.5. The highest BCUT2D eigenvalue weighted by atomic mass is 19.1. The highest BCUT2D eigenvalue weighted by Gasteiger charge is 2.33. The number of hydrogen-bond acceptors (Lipinski definition) is 3. The molecule has 22 heavy (non-hydrogen) atoms. The largest absolute Gasteiger partial charge is 0.307 e. The fourth-order valence-electron chi connectivity index (χ4n) is 2.12. The quantitative estimate of drug-likeness (QED) is 0.872. The minimum absolute atomic E-state index is 0.306. The standard InChI is InChI=1S/C15H18F2N4O/c1-5-20(14(22)15(3,4)17)13-9-21(19-10(13)2)12-6-11(16)7-18-8-12/h6-9H,5H2,1-4H3. The zero-order chi connectivity index (χ0) is 16.5. The monoisotopic (exact) mass is 308 g/mol. The summed E-state index contributed by atoms with van der Waals surface area (Å²) in [4.78, 5) is 17.3. The number of hydrogen-bond donors (Lipinski definition) is 0. The Hall–Kier alpha value is -2.31. The predicted molar refractivity (Wildman–Crippen MR) is 79.3 cm³/mol. The van der Waals surface area contributed by atoms with Crippen LogP contribution in [0.15, 0.2) is 24.7 Å². The number of carbonyl (C=O) groups is 1. The van der Waals surface area contributed by atoms with Crippen molar-refractivity contribution < 1.29 is 13.6 Å². The predicted octanol–water partition coefficient (Wildman–Crippen LogP) is 2.82. The lowest BCUT2D eigenvalue weighted by Gasteiger charge is -2.25. The summed E-state index contributed by atoms with van der Waals surface area (Å²) in [6, 6.07) is 1.28. The molecular weight excluding hydrogens is 290 g/mol. The van der Waals surface area contributed by atoms with E-state index in [0.717, 1.165) is 6.20 Å². The summed E-state index contributed by atoms with van der Waals surface area (Å²) in [6.45, 7) is 6.20. The fourth-order valence-corrected chi connectivity index (χ4v) is 2.12. The molecule has 118 valence electrons. The third-order valence-corrected chi connectivity index (χ3v) is 3.19. The minimum Gasteiger partial charge on any atom is -0.307 e. The topological polar surface area (TPSA) is 51.0 Å². The van der Waals surface area contributed by atoms with Gasteiger partial charge in [0, 0.05) is 12.6 Å². The van der Waals surface area contributed by atoms with Gasteiger partial charge in [-0.25, -0.2) is 13.5 Å². The third-order valence-electron chi connectivity index (χ3n) is 3.19. The van der Waals surface area contributed by atoms with E-state index in [0.29, 0.717) is 23.6 Å². The molecule has 0 aromatic carbocycles. The van der Waals surface area contributed by atoms with Crippen LogP contribution in [0.2, 0.25) is 0 Å². The average molecular weight is 308 g/mol. The zero-order valence-electron chi connectivity index (χ0n) is 13.0. The van der Waals surface area contributed by atoms with Gasteiger partial charge in [0.15, 0.2) is 5.67 Å². The first-order valence-corrected chi connectivity index (χ1v) is 6.92. The Labute approximate surface area is 127 Å². The molecule has 0 bridgehead atoms. The van der Waals surface area contributed by atoms with Gasteiger partial charge >= 0.3 is 0 Å². The summed E-state index contributed by atoms with van der Waals surface area (Å²) in [5.74, 6) is -1.13. The van der Waals surface area contributed by atoms with Gasteiger partial charge in [-0.15, -0.1) is 0 Å². The first-order chi connectivity index (χ1) is 10.2. The van der Waals surface area contributed by atoms with E-state index in [4.69, 9.17) is 0 Å². The van der Waals surface area contributed by atoms with E-state index < -0.39 is 17.4 Å². The lowest BCUT2D eigenvalue weighted by molar-refractivity contribution is -0.127. The Morgan fingerprint density at radius 1 is 1.41 bits per heavy atom. The van der Waals surface area contributed by atoms with Crippen LogP contribution in [0.25, 0.3) is 5.69 Å². The number of aromatic nitrogens is 3. The van der Waals surface area contributed by atoms with Crippen LogP contribution >= 0.6 is 0 Å². The van der Waals surface area contributed by atoms with Gasteiger partial charge in [0.25, 0.3) is 5.91 Å². The zero-order valence-corrected chi connectivity index (χ0v) is 13.0. The molecule has 0 aliphatic heterocycles. The van der Waals surface area contributed by atoms with Gasteiger partial charge in [0.2, 0.25) is 0 Å². The van der Waals surface area contributed by atoms with Gasteiger partial charge in [0.05, 0.1) is 35.7 Å². The van der Waals surface area contributed by atoms with E-state index in [2.05, 4.69) is 10.1 Å². The Morgan fingerprint density at radius 2 is 2.09 bits per heavy atom. The first kappa shape index (κ1) is 16.1. The van der Waals surface area contributed by atoms with Crippen molar-refractivity contribution in [3.8, 4) is 5.69 Å². The average Bonchev–Trinajstić information content (AvgIpc) is 2.81. The van der Waals surface area contributed by atoms with Gasteiger partial charge in [-0.05, 0) is 27.7 Å². The van der Waals surface area contributed by atoms with Gasteiger partial charge < -0.3 is 4.90 Å².